The molecule has 0 radical (unpaired) electrons. The molecule has 0 spiro atoms. The highest BCUT2D eigenvalue weighted by Crippen LogP contribution is 2.27. The van der Waals surface area contributed by atoms with Gasteiger partial charge in [-0.2, -0.15) is 5.26 Å². The van der Waals surface area contributed by atoms with E-state index in [1.54, 1.807) is 36.1 Å². The fourth-order valence-electron chi connectivity index (χ4n) is 3.91. The zero-order chi connectivity index (χ0) is 23.4. The van der Waals surface area contributed by atoms with Crippen LogP contribution in [0, 0.1) is 18.3 Å². The highest BCUT2D eigenvalue weighted by molar-refractivity contribution is 6.01. The second-order valence-electron chi connectivity index (χ2n) is 7.82. The summed E-state index contributed by atoms with van der Waals surface area (Å²) < 4.78 is 5.84. The summed E-state index contributed by atoms with van der Waals surface area (Å²) in [6.07, 6.45) is 1.45. The second kappa shape index (κ2) is 9.45. The van der Waals surface area contributed by atoms with Crippen LogP contribution in [0.15, 0.2) is 70.7 Å². The number of nitrogens with zero attached hydrogens (tertiary/aromatic N) is 3. The summed E-state index contributed by atoms with van der Waals surface area (Å²) in [6.45, 7) is 4.27. The van der Waals surface area contributed by atoms with E-state index in [2.05, 4.69) is 4.90 Å². The van der Waals surface area contributed by atoms with Crippen molar-refractivity contribution in [3.05, 3.63) is 83.1 Å². The molecule has 0 saturated carbocycles. The van der Waals surface area contributed by atoms with E-state index in [1.807, 2.05) is 36.4 Å². The molecule has 1 aliphatic heterocycles. The average Bonchev–Trinajstić information content (AvgIpc) is 3.31. The number of anilines is 1. The summed E-state index contributed by atoms with van der Waals surface area (Å²) in [7, 11) is 0. The largest absolute Gasteiger partial charge is 0.478 e. The molecular weight excluding hydrogens is 418 g/mol. The minimum absolute atomic E-state index is 0.0157. The Labute approximate surface area is 191 Å². The number of amides is 1. The minimum atomic E-state index is -0.991. The van der Waals surface area contributed by atoms with Crippen LogP contribution in [0.1, 0.15) is 21.7 Å². The van der Waals surface area contributed by atoms with Gasteiger partial charge in [0.1, 0.15) is 23.2 Å². The molecule has 2 heterocycles. The summed E-state index contributed by atoms with van der Waals surface area (Å²) in [5.41, 5.74) is 2.85. The van der Waals surface area contributed by atoms with E-state index in [0.29, 0.717) is 37.7 Å². The molecule has 7 heteroatoms. The normalized spacial score (nSPS) is 14.1. The number of hydrogen-bond acceptors (Lipinski definition) is 5. The minimum Gasteiger partial charge on any atom is -0.478 e. The third kappa shape index (κ3) is 4.80. The molecule has 0 aliphatic carbocycles. The molecule has 33 heavy (non-hydrogen) atoms. The third-order valence-electron chi connectivity index (χ3n) is 5.69. The van der Waals surface area contributed by atoms with Crippen molar-refractivity contribution in [1.29, 1.82) is 5.26 Å². The molecular formula is C26H23N3O4. The van der Waals surface area contributed by atoms with Gasteiger partial charge in [-0.25, -0.2) is 4.79 Å². The number of carbonyl (C=O) groups is 2. The van der Waals surface area contributed by atoms with Gasteiger partial charge in [0.15, 0.2) is 0 Å². The quantitative estimate of drug-likeness (QED) is 0.471. The predicted octanol–water partition coefficient (Wildman–Crippen LogP) is 4.21. The summed E-state index contributed by atoms with van der Waals surface area (Å²) in [5.74, 6) is -0.379. The van der Waals surface area contributed by atoms with Crippen molar-refractivity contribution in [3.63, 3.8) is 0 Å². The Morgan fingerprint density at radius 1 is 1.03 bits per heavy atom. The molecule has 3 aromatic rings. The zero-order valence-corrected chi connectivity index (χ0v) is 18.2. The van der Waals surface area contributed by atoms with Crippen LogP contribution in [0.25, 0.3) is 17.4 Å². The summed E-state index contributed by atoms with van der Waals surface area (Å²) >= 11 is 0. The van der Waals surface area contributed by atoms with Crippen molar-refractivity contribution in [1.82, 2.24) is 4.90 Å². The fourth-order valence-corrected chi connectivity index (χ4v) is 3.91. The molecule has 1 N–H and O–H groups in total. The topological polar surface area (TPSA) is 97.8 Å². The van der Waals surface area contributed by atoms with Crippen LogP contribution >= 0.6 is 0 Å². The van der Waals surface area contributed by atoms with Crippen LogP contribution in [0.3, 0.4) is 0 Å². The van der Waals surface area contributed by atoms with E-state index in [4.69, 9.17) is 9.52 Å². The number of para-hydroxylation sites is 1. The molecule has 1 amide bonds. The summed E-state index contributed by atoms with van der Waals surface area (Å²) in [6, 6.07) is 20.3. The van der Waals surface area contributed by atoms with Crippen molar-refractivity contribution in [2.75, 3.05) is 31.1 Å². The van der Waals surface area contributed by atoms with Gasteiger partial charge in [0.05, 0.1) is 5.56 Å². The van der Waals surface area contributed by atoms with Gasteiger partial charge in [-0.1, -0.05) is 24.3 Å². The summed E-state index contributed by atoms with van der Waals surface area (Å²) in [4.78, 5) is 28.0. The lowest BCUT2D eigenvalue weighted by molar-refractivity contribution is -0.126. The maximum Gasteiger partial charge on any atom is 0.335 e. The second-order valence-corrected chi connectivity index (χ2v) is 7.82. The number of carbonyl (C=O) groups excluding carboxylic acids is 1. The van der Waals surface area contributed by atoms with Gasteiger partial charge in [0.2, 0.25) is 0 Å². The van der Waals surface area contributed by atoms with Crippen molar-refractivity contribution in [3.8, 4) is 17.4 Å². The Hall–Kier alpha value is -4.31. The van der Waals surface area contributed by atoms with E-state index in [0.717, 1.165) is 16.8 Å². The lowest BCUT2D eigenvalue weighted by Gasteiger charge is -2.36. The molecule has 0 unspecified atom stereocenters. The molecule has 0 atom stereocenters. The number of hydrogen-bond donors (Lipinski definition) is 1. The Morgan fingerprint density at radius 3 is 2.39 bits per heavy atom. The number of furan rings is 1. The number of carboxylic acid groups (broad SMARTS) is 1. The smallest absolute Gasteiger partial charge is 0.335 e. The maximum atomic E-state index is 12.9. The van der Waals surface area contributed by atoms with E-state index < -0.39 is 5.97 Å². The van der Waals surface area contributed by atoms with Crippen molar-refractivity contribution in [2.45, 2.75) is 6.92 Å². The molecule has 2 aromatic carbocycles. The van der Waals surface area contributed by atoms with Crippen molar-refractivity contribution in [2.24, 2.45) is 0 Å². The molecule has 1 saturated heterocycles. The number of nitriles is 1. The summed E-state index contributed by atoms with van der Waals surface area (Å²) in [5, 5.41) is 18.7. The fraction of sp³-hybridized carbons (Fsp3) is 0.192. The van der Waals surface area contributed by atoms with Crippen LogP contribution in [-0.4, -0.2) is 48.1 Å². The molecule has 7 nitrogen and oxygen atoms in total. The number of carboxylic acids is 1. The first kappa shape index (κ1) is 21.9. The SMILES string of the molecule is Cc1cc(C(=O)O)ccc1-c1ccc(/C=C(/C#N)C(=O)N2CCN(c3ccccc3)CC2)o1. The maximum absolute atomic E-state index is 12.9. The lowest BCUT2D eigenvalue weighted by atomic mass is 10.0. The first-order valence-electron chi connectivity index (χ1n) is 10.6. The van der Waals surface area contributed by atoms with Gasteiger partial charge >= 0.3 is 5.97 Å². The Balaban J connectivity index is 1.46. The molecule has 0 bridgehead atoms. The third-order valence-corrected chi connectivity index (χ3v) is 5.69. The lowest BCUT2D eigenvalue weighted by Crippen LogP contribution is -2.49. The highest BCUT2D eigenvalue weighted by atomic mass is 16.4. The van der Waals surface area contributed by atoms with Crippen LogP contribution in [0.5, 0.6) is 0 Å². The van der Waals surface area contributed by atoms with E-state index >= 15 is 0 Å². The molecule has 166 valence electrons. The van der Waals surface area contributed by atoms with Gasteiger partial charge in [-0.05, 0) is 48.9 Å². The Bertz CT molecular complexity index is 1250. The van der Waals surface area contributed by atoms with Crippen molar-refractivity contribution >= 4 is 23.6 Å². The van der Waals surface area contributed by atoms with Crippen LogP contribution in [-0.2, 0) is 4.79 Å². The van der Waals surface area contributed by atoms with Crippen LogP contribution in [0.2, 0.25) is 0 Å². The van der Waals surface area contributed by atoms with Gasteiger partial charge in [-0.15, -0.1) is 0 Å². The Morgan fingerprint density at radius 2 is 1.76 bits per heavy atom. The standard InChI is InChI=1S/C26H23N3O4/c1-18-15-19(26(31)32)7-9-23(18)24-10-8-22(33-24)16-20(17-27)25(30)29-13-11-28(12-14-29)21-5-3-2-4-6-21/h2-10,15-16H,11-14H2,1H3,(H,31,32)/b20-16-. The number of aryl methyl sites for hydroxylation is 1. The van der Waals surface area contributed by atoms with E-state index in [-0.39, 0.29) is 17.0 Å². The van der Waals surface area contributed by atoms with Crippen LogP contribution < -0.4 is 4.90 Å². The number of rotatable bonds is 5. The Kier molecular flexibility index (Phi) is 6.27. The van der Waals surface area contributed by atoms with Gasteiger partial charge in [0, 0.05) is 43.5 Å². The van der Waals surface area contributed by atoms with Crippen molar-refractivity contribution < 1.29 is 19.1 Å². The van der Waals surface area contributed by atoms with E-state index in [1.165, 1.54) is 12.1 Å². The number of aromatic carboxylic acids is 1. The molecule has 1 aromatic heterocycles. The first-order chi connectivity index (χ1) is 16.0. The monoisotopic (exact) mass is 441 g/mol. The van der Waals surface area contributed by atoms with E-state index in [9.17, 15) is 14.9 Å². The molecule has 4 rings (SSSR count). The highest BCUT2D eigenvalue weighted by Gasteiger charge is 2.24. The number of benzene rings is 2. The molecule has 1 aliphatic rings. The van der Waals surface area contributed by atoms with Gasteiger partial charge < -0.3 is 19.3 Å². The van der Waals surface area contributed by atoms with Gasteiger partial charge in [0.25, 0.3) is 5.91 Å². The average molecular weight is 441 g/mol. The zero-order valence-electron chi connectivity index (χ0n) is 18.2. The van der Waals surface area contributed by atoms with Gasteiger partial charge in [-0.3, -0.25) is 4.79 Å². The first-order valence-corrected chi connectivity index (χ1v) is 10.6. The molecule has 1 fully saturated rings. The van der Waals surface area contributed by atoms with Crippen LogP contribution in [0.4, 0.5) is 5.69 Å². The predicted molar refractivity (Wildman–Crippen MR) is 125 cm³/mol. The number of piperazine rings is 1.